The molecular formula is C18H20N6OS. The predicted molar refractivity (Wildman–Crippen MR) is 98.9 cm³/mol. The molecule has 1 aliphatic heterocycles. The maximum atomic E-state index is 12.8. The lowest BCUT2D eigenvalue weighted by molar-refractivity contribution is -0.130. The maximum Gasteiger partial charge on any atom is 0.233 e. The zero-order valence-corrected chi connectivity index (χ0v) is 15.4. The first-order valence-corrected chi connectivity index (χ1v) is 10.0. The molecule has 0 unspecified atom stereocenters. The lowest BCUT2D eigenvalue weighted by Gasteiger charge is -2.33. The number of nitrogens with one attached hydrogen (secondary N) is 1. The molecule has 0 bridgehead atoms. The number of carbonyl (C=O) groups is 1. The Morgan fingerprint density at radius 1 is 1.35 bits per heavy atom. The highest BCUT2D eigenvalue weighted by molar-refractivity contribution is 7.99. The molecule has 1 amide bonds. The van der Waals surface area contributed by atoms with Gasteiger partial charge in [-0.25, -0.2) is 4.68 Å². The Morgan fingerprint density at radius 2 is 2.19 bits per heavy atom. The van der Waals surface area contributed by atoms with Crippen molar-refractivity contribution in [1.29, 1.82) is 0 Å². The number of para-hydroxylation sites is 1. The van der Waals surface area contributed by atoms with E-state index in [1.807, 2.05) is 15.6 Å². The fourth-order valence-corrected chi connectivity index (χ4v) is 4.64. The normalized spacial score (nSPS) is 19.7. The average molecular weight is 368 g/mol. The number of rotatable bonds is 4. The third kappa shape index (κ3) is 2.59. The molecule has 0 spiro atoms. The molecule has 0 radical (unpaired) electrons. The van der Waals surface area contributed by atoms with Crippen molar-refractivity contribution in [3.63, 3.8) is 0 Å². The Kier molecular flexibility index (Phi) is 3.74. The van der Waals surface area contributed by atoms with E-state index in [9.17, 15) is 4.79 Å². The van der Waals surface area contributed by atoms with Gasteiger partial charge in [-0.3, -0.25) is 4.79 Å². The monoisotopic (exact) mass is 368 g/mol. The summed E-state index contributed by atoms with van der Waals surface area (Å²) in [6.45, 7) is 2.85. The highest BCUT2D eigenvalue weighted by Gasteiger charge is 2.31. The zero-order chi connectivity index (χ0) is 17.7. The van der Waals surface area contributed by atoms with E-state index in [1.165, 1.54) is 28.4 Å². The van der Waals surface area contributed by atoms with Gasteiger partial charge in [-0.15, -0.1) is 5.10 Å². The van der Waals surface area contributed by atoms with Gasteiger partial charge in [0.1, 0.15) is 0 Å². The lowest BCUT2D eigenvalue weighted by atomic mass is 9.98. The summed E-state index contributed by atoms with van der Waals surface area (Å²) in [6.07, 6.45) is 3.14. The summed E-state index contributed by atoms with van der Waals surface area (Å²) in [5.74, 6) is 0.504. The van der Waals surface area contributed by atoms with Crippen molar-refractivity contribution >= 4 is 28.6 Å². The fraction of sp³-hybridized carbons (Fsp3) is 0.444. The smallest absolute Gasteiger partial charge is 0.233 e. The lowest BCUT2D eigenvalue weighted by Crippen LogP contribution is -2.39. The number of carbonyl (C=O) groups excluding carboxylic acids is 1. The first-order chi connectivity index (χ1) is 12.7. The van der Waals surface area contributed by atoms with E-state index in [1.54, 1.807) is 0 Å². The van der Waals surface area contributed by atoms with E-state index in [0.717, 1.165) is 36.5 Å². The molecule has 0 saturated heterocycles. The van der Waals surface area contributed by atoms with Gasteiger partial charge < -0.3 is 9.88 Å². The van der Waals surface area contributed by atoms with E-state index in [4.69, 9.17) is 0 Å². The Labute approximate surface area is 155 Å². The minimum Gasteiger partial charge on any atom is -0.356 e. The van der Waals surface area contributed by atoms with E-state index < -0.39 is 0 Å². The summed E-state index contributed by atoms with van der Waals surface area (Å²) in [4.78, 5) is 18.3. The summed E-state index contributed by atoms with van der Waals surface area (Å²) in [5.41, 5.74) is 3.66. The largest absolute Gasteiger partial charge is 0.356 e. The van der Waals surface area contributed by atoms with E-state index in [0.29, 0.717) is 11.8 Å². The van der Waals surface area contributed by atoms with Crippen LogP contribution in [0.25, 0.3) is 10.9 Å². The third-order valence-corrected chi connectivity index (χ3v) is 6.25. The molecule has 1 N–H and O–H groups in total. The van der Waals surface area contributed by atoms with Crippen LogP contribution in [0.15, 0.2) is 29.4 Å². The van der Waals surface area contributed by atoms with Gasteiger partial charge in [-0.1, -0.05) is 30.0 Å². The number of benzene rings is 1. The van der Waals surface area contributed by atoms with Gasteiger partial charge in [0.2, 0.25) is 11.1 Å². The minimum absolute atomic E-state index is 0.0543. The molecule has 26 heavy (non-hydrogen) atoms. The van der Waals surface area contributed by atoms with Crippen molar-refractivity contribution in [2.45, 2.75) is 43.4 Å². The molecule has 3 aromatic rings. The number of H-pyrrole nitrogens is 1. The van der Waals surface area contributed by atoms with Crippen molar-refractivity contribution in [3.05, 3.63) is 35.5 Å². The topological polar surface area (TPSA) is 79.7 Å². The molecule has 1 aliphatic carbocycles. The minimum atomic E-state index is 0.0543. The van der Waals surface area contributed by atoms with Crippen LogP contribution in [0.3, 0.4) is 0 Å². The highest BCUT2D eigenvalue weighted by Crippen LogP contribution is 2.37. The van der Waals surface area contributed by atoms with Gasteiger partial charge in [-0.05, 0) is 48.2 Å². The number of aromatic nitrogens is 5. The molecule has 8 heteroatoms. The Balaban J connectivity index is 1.32. The third-order valence-electron chi connectivity index (χ3n) is 5.34. The molecule has 1 atom stereocenters. The number of aromatic amines is 1. The van der Waals surface area contributed by atoms with Crippen molar-refractivity contribution in [2.75, 3.05) is 12.3 Å². The van der Waals surface area contributed by atoms with Crippen LogP contribution in [0, 0.1) is 0 Å². The van der Waals surface area contributed by atoms with Gasteiger partial charge in [0, 0.05) is 23.1 Å². The number of hydrogen-bond donors (Lipinski definition) is 1. The Hall–Kier alpha value is -2.35. The standard InChI is InChI=1S/C18H20N6OS/c1-11-17-14(13-4-2-3-5-15(13)19-17)8-9-23(11)16(25)10-26-18-20-21-22-24(18)12-6-7-12/h2-5,11-12,19H,6-10H2,1H3/t11-/m1/s1. The molecule has 1 saturated carbocycles. The highest BCUT2D eigenvalue weighted by atomic mass is 32.2. The van der Waals surface area contributed by atoms with Crippen molar-refractivity contribution < 1.29 is 4.79 Å². The molecule has 2 aromatic heterocycles. The van der Waals surface area contributed by atoms with Crippen LogP contribution in [-0.2, 0) is 11.2 Å². The average Bonchev–Trinajstić information content (AvgIpc) is 3.26. The number of thioether (sulfide) groups is 1. The second-order valence-corrected chi connectivity index (χ2v) is 7.94. The molecule has 2 aliphatic rings. The molecule has 1 aromatic carbocycles. The van der Waals surface area contributed by atoms with Gasteiger partial charge in [-0.2, -0.15) is 0 Å². The van der Waals surface area contributed by atoms with Crippen molar-refractivity contribution in [3.8, 4) is 0 Å². The van der Waals surface area contributed by atoms with Crippen LogP contribution in [-0.4, -0.2) is 48.3 Å². The second-order valence-electron chi connectivity index (χ2n) is 7.00. The Bertz CT molecular complexity index is 975. The van der Waals surface area contributed by atoms with Crippen LogP contribution < -0.4 is 0 Å². The van der Waals surface area contributed by atoms with Gasteiger partial charge in [0.15, 0.2) is 0 Å². The molecule has 1 fully saturated rings. The second kappa shape index (κ2) is 6.12. The van der Waals surface area contributed by atoms with Gasteiger partial charge >= 0.3 is 0 Å². The fourth-order valence-electron chi connectivity index (χ4n) is 3.81. The van der Waals surface area contributed by atoms with E-state index in [2.05, 4.69) is 45.6 Å². The molecule has 134 valence electrons. The summed E-state index contributed by atoms with van der Waals surface area (Å²) < 4.78 is 1.85. The van der Waals surface area contributed by atoms with Gasteiger partial charge in [0.25, 0.3) is 0 Å². The maximum absolute atomic E-state index is 12.8. The summed E-state index contributed by atoms with van der Waals surface area (Å²) >= 11 is 1.44. The predicted octanol–water partition coefficient (Wildman–Crippen LogP) is 2.73. The van der Waals surface area contributed by atoms with Crippen LogP contribution in [0.5, 0.6) is 0 Å². The number of amides is 1. The van der Waals surface area contributed by atoms with Crippen LogP contribution in [0.4, 0.5) is 0 Å². The summed E-state index contributed by atoms with van der Waals surface area (Å²) in [5, 5.41) is 13.9. The number of nitrogens with zero attached hydrogens (tertiary/aromatic N) is 5. The number of fused-ring (bicyclic) bond motifs is 3. The SMILES string of the molecule is C[C@@H]1c2[nH]c3ccccc3c2CCN1C(=O)CSc1nnnn1C1CC1. The Morgan fingerprint density at radius 3 is 3.04 bits per heavy atom. The molecular weight excluding hydrogens is 348 g/mol. The number of tetrazole rings is 1. The summed E-state index contributed by atoms with van der Waals surface area (Å²) in [6, 6.07) is 8.84. The van der Waals surface area contributed by atoms with Crippen LogP contribution >= 0.6 is 11.8 Å². The van der Waals surface area contributed by atoms with Gasteiger partial charge in [0.05, 0.1) is 17.8 Å². The zero-order valence-electron chi connectivity index (χ0n) is 14.6. The first-order valence-electron chi connectivity index (χ1n) is 9.02. The van der Waals surface area contributed by atoms with Crippen molar-refractivity contribution in [2.24, 2.45) is 0 Å². The van der Waals surface area contributed by atoms with Crippen LogP contribution in [0.1, 0.15) is 43.1 Å². The first kappa shape index (κ1) is 15.9. The molecule has 7 nitrogen and oxygen atoms in total. The van der Waals surface area contributed by atoms with Crippen LogP contribution in [0.2, 0.25) is 0 Å². The molecule has 3 heterocycles. The summed E-state index contributed by atoms with van der Waals surface area (Å²) in [7, 11) is 0. The molecule has 5 rings (SSSR count). The van der Waals surface area contributed by atoms with Crippen molar-refractivity contribution in [1.82, 2.24) is 30.1 Å². The quantitative estimate of drug-likeness (QED) is 0.716. The van der Waals surface area contributed by atoms with E-state index in [-0.39, 0.29) is 11.9 Å². The number of hydrogen-bond acceptors (Lipinski definition) is 5. The van der Waals surface area contributed by atoms with E-state index >= 15 is 0 Å².